The molecule has 0 aliphatic heterocycles. The predicted molar refractivity (Wildman–Crippen MR) is 72.7 cm³/mol. The molecular formula is C16H24O. The summed E-state index contributed by atoms with van der Waals surface area (Å²) in [5, 5.41) is 10.5. The van der Waals surface area contributed by atoms with E-state index in [0.717, 1.165) is 12.8 Å². The molecule has 0 aromatic carbocycles. The van der Waals surface area contributed by atoms with Crippen molar-refractivity contribution in [3.63, 3.8) is 0 Å². The quantitative estimate of drug-likeness (QED) is 0.717. The number of aliphatic hydroxyl groups excluding tert-OH is 1. The van der Waals surface area contributed by atoms with Gasteiger partial charge in [-0.15, -0.1) is 6.58 Å². The van der Waals surface area contributed by atoms with Crippen molar-refractivity contribution in [1.82, 2.24) is 0 Å². The highest BCUT2D eigenvalue weighted by Gasteiger charge is 2.57. The Morgan fingerprint density at radius 2 is 2.24 bits per heavy atom. The highest BCUT2D eigenvalue weighted by Crippen LogP contribution is 2.62. The van der Waals surface area contributed by atoms with Gasteiger partial charge in [-0.2, -0.15) is 0 Å². The summed E-state index contributed by atoms with van der Waals surface area (Å²) in [6, 6.07) is 0. The third kappa shape index (κ3) is 1.48. The van der Waals surface area contributed by atoms with E-state index in [1.54, 1.807) is 0 Å². The molecule has 1 nitrogen and oxygen atoms in total. The molecule has 0 amide bonds. The zero-order valence-electron chi connectivity index (χ0n) is 11.1. The van der Waals surface area contributed by atoms with Crippen LogP contribution in [-0.4, -0.2) is 11.2 Å². The van der Waals surface area contributed by atoms with Gasteiger partial charge in [-0.1, -0.05) is 44.2 Å². The number of allylic oxidation sites excluding steroid dienone is 2. The van der Waals surface area contributed by atoms with Crippen LogP contribution in [0.15, 0.2) is 37.0 Å². The lowest BCUT2D eigenvalue weighted by molar-refractivity contribution is -0.0694. The minimum Gasteiger partial charge on any atom is -0.388 e. The lowest BCUT2D eigenvalue weighted by Crippen LogP contribution is -2.55. The Labute approximate surface area is 105 Å². The summed E-state index contributed by atoms with van der Waals surface area (Å²) in [5.74, 6) is 0.489. The van der Waals surface area contributed by atoms with Crippen LogP contribution in [0, 0.1) is 16.7 Å². The molecule has 0 bridgehead atoms. The molecule has 17 heavy (non-hydrogen) atoms. The molecule has 4 atom stereocenters. The Hall–Kier alpha value is -0.820. The maximum absolute atomic E-state index is 10.5. The van der Waals surface area contributed by atoms with E-state index in [-0.39, 0.29) is 10.8 Å². The molecule has 94 valence electrons. The van der Waals surface area contributed by atoms with Gasteiger partial charge < -0.3 is 5.11 Å². The molecule has 0 aromatic heterocycles. The van der Waals surface area contributed by atoms with E-state index in [1.165, 1.54) is 18.4 Å². The van der Waals surface area contributed by atoms with Gasteiger partial charge in [0.2, 0.25) is 0 Å². The summed E-state index contributed by atoms with van der Waals surface area (Å²) < 4.78 is 0. The first-order chi connectivity index (χ1) is 7.99. The van der Waals surface area contributed by atoms with E-state index in [9.17, 15) is 5.11 Å². The maximum atomic E-state index is 10.5. The van der Waals surface area contributed by atoms with Gasteiger partial charge in [0.1, 0.15) is 0 Å². The predicted octanol–water partition coefficient (Wildman–Crippen LogP) is 3.86. The molecule has 2 rings (SSSR count). The van der Waals surface area contributed by atoms with Gasteiger partial charge >= 0.3 is 0 Å². The molecule has 0 spiro atoms. The van der Waals surface area contributed by atoms with Crippen molar-refractivity contribution in [3.05, 3.63) is 37.0 Å². The Bertz CT molecular complexity index is 368. The molecule has 0 radical (unpaired) electrons. The highest BCUT2D eigenvalue weighted by atomic mass is 16.3. The van der Waals surface area contributed by atoms with Crippen LogP contribution >= 0.6 is 0 Å². The van der Waals surface area contributed by atoms with Crippen molar-refractivity contribution in [2.24, 2.45) is 16.7 Å². The van der Waals surface area contributed by atoms with Crippen molar-refractivity contribution in [2.45, 2.75) is 45.6 Å². The molecule has 0 heterocycles. The molecule has 0 aromatic rings. The van der Waals surface area contributed by atoms with E-state index in [2.05, 4.69) is 33.1 Å². The van der Waals surface area contributed by atoms with Crippen LogP contribution in [0.5, 0.6) is 0 Å². The fourth-order valence-electron chi connectivity index (χ4n) is 4.07. The van der Waals surface area contributed by atoms with E-state index in [4.69, 9.17) is 0 Å². The van der Waals surface area contributed by atoms with Crippen LogP contribution in [0.4, 0.5) is 0 Å². The first-order valence-electron chi connectivity index (χ1n) is 6.64. The zero-order valence-corrected chi connectivity index (χ0v) is 11.1. The standard InChI is InChI=1S/C16H24O/c1-5-10-16-13(3)7-6-11-15(16,4)12(2)8-9-14(16)17/h5,8-9,12,14,17H,1,3,6-7,10-11H2,2,4H3/t12-,14+,15+,16-/m0/s1. The smallest absolute Gasteiger partial charge is 0.0822 e. The molecular weight excluding hydrogens is 208 g/mol. The molecule has 1 N–H and O–H groups in total. The summed E-state index contributed by atoms with van der Waals surface area (Å²) >= 11 is 0. The third-order valence-electron chi connectivity index (χ3n) is 5.38. The normalized spacial score (nSPS) is 45.5. The molecule has 0 unspecified atom stereocenters. The fourth-order valence-corrected chi connectivity index (χ4v) is 4.07. The largest absolute Gasteiger partial charge is 0.388 e. The van der Waals surface area contributed by atoms with Gasteiger partial charge in [0, 0.05) is 5.41 Å². The topological polar surface area (TPSA) is 20.2 Å². The monoisotopic (exact) mass is 232 g/mol. The van der Waals surface area contributed by atoms with E-state index in [0.29, 0.717) is 5.92 Å². The maximum Gasteiger partial charge on any atom is 0.0822 e. The third-order valence-corrected chi connectivity index (χ3v) is 5.38. The first kappa shape index (κ1) is 12.6. The summed E-state index contributed by atoms with van der Waals surface area (Å²) in [5.41, 5.74) is 1.14. The van der Waals surface area contributed by atoms with E-state index >= 15 is 0 Å². The Morgan fingerprint density at radius 3 is 2.88 bits per heavy atom. The molecule has 2 aliphatic rings. The molecule has 1 saturated carbocycles. The van der Waals surface area contributed by atoms with Crippen LogP contribution in [0.1, 0.15) is 39.5 Å². The average Bonchev–Trinajstić information content (AvgIpc) is 2.29. The molecule has 2 aliphatic carbocycles. The van der Waals surface area contributed by atoms with Crippen molar-refractivity contribution in [2.75, 3.05) is 0 Å². The molecule has 0 saturated heterocycles. The van der Waals surface area contributed by atoms with Gasteiger partial charge in [-0.25, -0.2) is 0 Å². The fraction of sp³-hybridized carbons (Fsp3) is 0.625. The zero-order chi connectivity index (χ0) is 12.7. The summed E-state index contributed by atoms with van der Waals surface area (Å²) in [6.45, 7) is 12.7. The summed E-state index contributed by atoms with van der Waals surface area (Å²) in [4.78, 5) is 0. The number of hydrogen-bond acceptors (Lipinski definition) is 1. The van der Waals surface area contributed by atoms with Crippen LogP contribution in [0.25, 0.3) is 0 Å². The summed E-state index contributed by atoms with van der Waals surface area (Å²) in [6.07, 6.45) is 9.91. The van der Waals surface area contributed by atoms with Crippen LogP contribution in [-0.2, 0) is 0 Å². The first-order valence-corrected chi connectivity index (χ1v) is 6.64. The van der Waals surface area contributed by atoms with Crippen molar-refractivity contribution in [1.29, 1.82) is 0 Å². The lowest BCUT2D eigenvalue weighted by Gasteiger charge is -2.59. The van der Waals surface area contributed by atoms with E-state index < -0.39 is 6.10 Å². The Morgan fingerprint density at radius 1 is 1.53 bits per heavy atom. The highest BCUT2D eigenvalue weighted by molar-refractivity contribution is 5.31. The Balaban J connectivity index is 2.58. The van der Waals surface area contributed by atoms with Crippen LogP contribution in [0.2, 0.25) is 0 Å². The second kappa shape index (κ2) is 4.13. The van der Waals surface area contributed by atoms with Crippen LogP contribution in [0.3, 0.4) is 0 Å². The molecule has 1 fully saturated rings. The van der Waals surface area contributed by atoms with Gasteiger partial charge in [0.05, 0.1) is 6.10 Å². The van der Waals surface area contributed by atoms with Gasteiger partial charge in [0.25, 0.3) is 0 Å². The average molecular weight is 232 g/mol. The second-order valence-electron chi connectivity index (χ2n) is 5.96. The number of aliphatic hydroxyl groups is 1. The van der Waals surface area contributed by atoms with Crippen molar-refractivity contribution < 1.29 is 5.11 Å². The van der Waals surface area contributed by atoms with Crippen molar-refractivity contribution >= 4 is 0 Å². The van der Waals surface area contributed by atoms with Gasteiger partial charge in [0.15, 0.2) is 0 Å². The second-order valence-corrected chi connectivity index (χ2v) is 5.96. The minimum absolute atomic E-state index is 0.116. The summed E-state index contributed by atoms with van der Waals surface area (Å²) in [7, 11) is 0. The van der Waals surface area contributed by atoms with Gasteiger partial charge in [-0.05, 0) is 37.0 Å². The van der Waals surface area contributed by atoms with Gasteiger partial charge in [-0.3, -0.25) is 0 Å². The number of hydrogen-bond donors (Lipinski definition) is 1. The van der Waals surface area contributed by atoms with E-state index in [1.807, 2.05) is 12.2 Å². The SMILES string of the molecule is C=CC[C@@]12C(=C)CCC[C@]1(C)[C@@H](C)C=C[C@H]2O. The number of rotatable bonds is 2. The minimum atomic E-state index is -0.408. The van der Waals surface area contributed by atoms with Crippen molar-refractivity contribution in [3.8, 4) is 0 Å². The Kier molecular flexibility index (Phi) is 3.07. The molecule has 1 heteroatoms. The lowest BCUT2D eigenvalue weighted by atomic mass is 9.46. The van der Waals surface area contributed by atoms with Crippen LogP contribution < -0.4 is 0 Å². The number of fused-ring (bicyclic) bond motifs is 1.